The quantitative estimate of drug-likeness (QED) is 0.601. The predicted octanol–water partition coefficient (Wildman–Crippen LogP) is 2.07. The van der Waals surface area contributed by atoms with E-state index >= 15 is 0 Å². The number of carbonyl (C=O) groups excluding carboxylic acids is 2. The highest BCUT2D eigenvalue weighted by Gasteiger charge is 2.18. The highest BCUT2D eigenvalue weighted by molar-refractivity contribution is 5.84. The van der Waals surface area contributed by atoms with Crippen molar-refractivity contribution in [1.82, 2.24) is 10.6 Å². The fourth-order valence-electron chi connectivity index (χ4n) is 2.58. The van der Waals surface area contributed by atoms with E-state index in [0.717, 1.165) is 5.56 Å². The molecule has 4 rings (SSSR count). The Balaban J connectivity index is 1.96. The molecule has 8 heteroatoms. The topological polar surface area (TPSA) is 111 Å². The summed E-state index contributed by atoms with van der Waals surface area (Å²) >= 11 is 0. The van der Waals surface area contributed by atoms with Crippen LogP contribution in [0, 0.1) is 10.1 Å². The summed E-state index contributed by atoms with van der Waals surface area (Å²) in [7, 11) is 0. The maximum atomic E-state index is 11.8. The molecule has 2 aromatic carbocycles. The van der Waals surface area contributed by atoms with Crippen LogP contribution in [0.25, 0.3) is 0 Å². The van der Waals surface area contributed by atoms with E-state index in [2.05, 4.69) is 10.6 Å². The first kappa shape index (κ1) is 17.4. The Morgan fingerprint density at radius 2 is 1.73 bits per heavy atom. The molecule has 0 fully saturated rings. The number of hydrogen-bond acceptors (Lipinski definition) is 5. The average molecular weight is 355 g/mol. The summed E-state index contributed by atoms with van der Waals surface area (Å²) in [4.78, 5) is 34.5. The van der Waals surface area contributed by atoms with Crippen molar-refractivity contribution >= 4 is 17.5 Å². The number of fused-ring (bicyclic) bond motifs is 9. The second-order valence-electron chi connectivity index (χ2n) is 5.86. The maximum Gasteiger partial charge on any atom is 0.311 e. The Morgan fingerprint density at radius 3 is 2.54 bits per heavy atom. The average Bonchev–Trinajstić information content (AvgIpc) is 2.63. The van der Waals surface area contributed by atoms with Crippen molar-refractivity contribution in [2.24, 2.45) is 0 Å². The van der Waals surface area contributed by atoms with E-state index < -0.39 is 4.92 Å². The summed E-state index contributed by atoms with van der Waals surface area (Å²) in [6, 6.07) is 11.6. The van der Waals surface area contributed by atoms with Crippen LogP contribution >= 0.6 is 0 Å². The van der Waals surface area contributed by atoms with Crippen molar-refractivity contribution in [2.45, 2.75) is 19.4 Å². The minimum atomic E-state index is -0.508. The minimum Gasteiger partial charge on any atom is -0.450 e. The fraction of sp³-hybridized carbons (Fsp3) is 0.222. The molecule has 4 bridgehead atoms. The van der Waals surface area contributed by atoms with Crippen LogP contribution in [-0.2, 0) is 22.6 Å². The van der Waals surface area contributed by atoms with Gasteiger partial charge in [0.25, 0.3) is 0 Å². The lowest BCUT2D eigenvalue weighted by atomic mass is 10.1. The SMILES string of the molecule is O=C1CCc2ccc(c([N+](=O)[O-])c2)Oc2cccc(c2)CNC(=O)CN1. The van der Waals surface area contributed by atoms with Gasteiger partial charge in [-0.05, 0) is 35.7 Å². The van der Waals surface area contributed by atoms with Crippen LogP contribution in [0.5, 0.6) is 11.5 Å². The Morgan fingerprint density at radius 1 is 0.923 bits per heavy atom. The van der Waals surface area contributed by atoms with Gasteiger partial charge in [0.15, 0.2) is 0 Å². The number of nitrogens with one attached hydrogen (secondary N) is 2. The maximum absolute atomic E-state index is 11.8. The molecule has 26 heavy (non-hydrogen) atoms. The molecule has 0 saturated heterocycles. The number of amides is 2. The Bertz CT molecular complexity index is 866. The largest absolute Gasteiger partial charge is 0.450 e. The van der Waals surface area contributed by atoms with E-state index in [1.807, 2.05) is 0 Å². The van der Waals surface area contributed by atoms with Gasteiger partial charge in [0, 0.05) is 19.0 Å². The molecule has 0 radical (unpaired) electrons. The van der Waals surface area contributed by atoms with Crippen LogP contribution in [0.3, 0.4) is 0 Å². The van der Waals surface area contributed by atoms with Gasteiger partial charge in [-0.25, -0.2) is 0 Å². The van der Waals surface area contributed by atoms with Crippen molar-refractivity contribution in [3.63, 3.8) is 0 Å². The molecule has 2 aromatic rings. The molecular weight excluding hydrogens is 338 g/mol. The van der Waals surface area contributed by atoms with E-state index in [-0.39, 0.29) is 42.8 Å². The first-order chi connectivity index (χ1) is 12.5. The molecule has 0 spiro atoms. The Kier molecular flexibility index (Phi) is 5.12. The zero-order valence-corrected chi connectivity index (χ0v) is 13.9. The second-order valence-corrected chi connectivity index (χ2v) is 5.86. The van der Waals surface area contributed by atoms with E-state index in [4.69, 9.17) is 4.74 Å². The molecule has 8 nitrogen and oxygen atoms in total. The first-order valence-corrected chi connectivity index (χ1v) is 8.09. The summed E-state index contributed by atoms with van der Waals surface area (Å²) in [6.07, 6.45) is 0.452. The molecule has 134 valence electrons. The van der Waals surface area contributed by atoms with Crippen molar-refractivity contribution < 1.29 is 19.2 Å². The number of aryl methyl sites for hydroxylation is 1. The summed E-state index contributed by atoms with van der Waals surface area (Å²) in [5.74, 6) is -0.0301. The molecule has 0 saturated carbocycles. The van der Waals surface area contributed by atoms with Crippen molar-refractivity contribution in [3.05, 3.63) is 63.7 Å². The first-order valence-electron chi connectivity index (χ1n) is 8.09. The van der Waals surface area contributed by atoms with Gasteiger partial charge in [0.05, 0.1) is 11.5 Å². The zero-order chi connectivity index (χ0) is 18.5. The highest BCUT2D eigenvalue weighted by Crippen LogP contribution is 2.32. The number of nitrogens with zero attached hydrogens (tertiary/aromatic N) is 1. The molecule has 0 atom stereocenters. The van der Waals surface area contributed by atoms with E-state index in [9.17, 15) is 19.7 Å². The number of ether oxygens (including phenoxy) is 1. The van der Waals surface area contributed by atoms with Crippen molar-refractivity contribution in [2.75, 3.05) is 6.54 Å². The van der Waals surface area contributed by atoms with Crippen LogP contribution in [0.2, 0.25) is 0 Å². The molecule has 2 N–H and O–H groups in total. The molecule has 2 aliphatic heterocycles. The third-order valence-corrected chi connectivity index (χ3v) is 3.92. The molecule has 0 aromatic heterocycles. The lowest BCUT2D eigenvalue weighted by Crippen LogP contribution is -2.36. The van der Waals surface area contributed by atoms with Gasteiger partial charge in [0.2, 0.25) is 17.6 Å². The zero-order valence-electron chi connectivity index (χ0n) is 13.9. The predicted molar refractivity (Wildman–Crippen MR) is 92.8 cm³/mol. The molecule has 0 aliphatic carbocycles. The monoisotopic (exact) mass is 355 g/mol. The molecular formula is C18H17N3O5. The lowest BCUT2D eigenvalue weighted by molar-refractivity contribution is -0.385. The van der Waals surface area contributed by atoms with E-state index in [1.54, 1.807) is 30.3 Å². The van der Waals surface area contributed by atoms with Crippen LogP contribution in [0.1, 0.15) is 17.5 Å². The molecule has 2 amide bonds. The van der Waals surface area contributed by atoms with Gasteiger partial charge in [-0.3, -0.25) is 19.7 Å². The summed E-state index contributed by atoms with van der Waals surface area (Å²) in [5.41, 5.74) is 1.26. The number of benzene rings is 2. The summed E-state index contributed by atoms with van der Waals surface area (Å²) < 4.78 is 5.68. The highest BCUT2D eigenvalue weighted by atomic mass is 16.6. The molecule has 2 aliphatic rings. The third-order valence-electron chi connectivity index (χ3n) is 3.92. The Hall–Kier alpha value is -3.42. The number of hydrogen-bond donors (Lipinski definition) is 2. The number of nitro groups is 1. The lowest BCUT2D eigenvalue weighted by Gasteiger charge is -2.11. The van der Waals surface area contributed by atoms with Gasteiger partial charge in [-0.1, -0.05) is 18.2 Å². The fourth-order valence-corrected chi connectivity index (χ4v) is 2.58. The third kappa shape index (κ3) is 4.35. The number of carbonyl (C=O) groups is 2. The van der Waals surface area contributed by atoms with E-state index in [1.165, 1.54) is 12.1 Å². The van der Waals surface area contributed by atoms with Gasteiger partial charge in [-0.2, -0.15) is 0 Å². The smallest absolute Gasteiger partial charge is 0.311 e. The van der Waals surface area contributed by atoms with Crippen molar-refractivity contribution in [3.8, 4) is 11.5 Å². The summed E-state index contributed by atoms with van der Waals surface area (Å²) in [6.45, 7) is 0.140. The van der Waals surface area contributed by atoms with Gasteiger partial charge in [-0.15, -0.1) is 0 Å². The Labute approximate surface area is 149 Å². The van der Waals surface area contributed by atoms with Crippen LogP contribution < -0.4 is 15.4 Å². The number of nitro benzene ring substituents is 1. The minimum absolute atomic E-state index is 0.117. The van der Waals surface area contributed by atoms with Gasteiger partial charge < -0.3 is 15.4 Å². The summed E-state index contributed by atoms with van der Waals surface area (Å²) in [5, 5.41) is 16.6. The van der Waals surface area contributed by atoms with Gasteiger partial charge in [0.1, 0.15) is 5.75 Å². The van der Waals surface area contributed by atoms with E-state index in [0.29, 0.717) is 17.7 Å². The van der Waals surface area contributed by atoms with Crippen LogP contribution in [0.15, 0.2) is 42.5 Å². The van der Waals surface area contributed by atoms with Crippen LogP contribution in [-0.4, -0.2) is 23.3 Å². The molecule has 2 heterocycles. The van der Waals surface area contributed by atoms with Crippen LogP contribution in [0.4, 0.5) is 5.69 Å². The van der Waals surface area contributed by atoms with Gasteiger partial charge >= 0.3 is 5.69 Å². The number of rotatable bonds is 1. The van der Waals surface area contributed by atoms with Crippen molar-refractivity contribution in [1.29, 1.82) is 0 Å². The molecule has 0 unspecified atom stereocenters. The second kappa shape index (κ2) is 7.64. The standard InChI is InChI=1S/C18H17N3O5/c22-17-7-5-12-4-6-16(15(9-12)21(24)25)26-14-3-1-2-13(8-14)10-19-18(23)11-20-17/h1-4,6,8-9H,5,7,10-11H2,(H,19,23)(H,20,22). The normalized spacial score (nSPS) is 14.9.